The molecule has 56 heavy (non-hydrogen) atoms. The molecule has 0 aromatic heterocycles. The van der Waals surface area contributed by atoms with Gasteiger partial charge in [0.2, 0.25) is 0 Å². The Labute approximate surface area is 328 Å². The van der Waals surface area contributed by atoms with Gasteiger partial charge in [-0.3, -0.25) is 4.79 Å². The summed E-state index contributed by atoms with van der Waals surface area (Å²) in [6.45, 7) is 12.4. The number of benzene rings is 2. The first-order valence-electron chi connectivity index (χ1n) is 19.1. The zero-order valence-electron chi connectivity index (χ0n) is 33.6. The van der Waals surface area contributed by atoms with Crippen molar-refractivity contribution >= 4 is 23.8 Å². The Morgan fingerprint density at radius 3 is 2.12 bits per heavy atom. The van der Waals surface area contributed by atoms with E-state index in [0.717, 1.165) is 0 Å². The second-order valence-corrected chi connectivity index (χ2v) is 17.2. The number of methoxy groups -OCH3 is 2. The number of carbonyl (C=O) groups excluding carboxylic acids is 4. The minimum atomic E-state index is -1.99. The van der Waals surface area contributed by atoms with Crippen molar-refractivity contribution in [3.8, 4) is 0 Å². The van der Waals surface area contributed by atoms with Gasteiger partial charge in [0.25, 0.3) is 0 Å². The van der Waals surface area contributed by atoms with Crippen LogP contribution in [0.2, 0.25) is 0 Å². The summed E-state index contributed by atoms with van der Waals surface area (Å²) < 4.78 is 36.1. The number of alkyl carbamates (subject to hydrolysis) is 1. The molecule has 13 nitrogen and oxygen atoms in total. The third-order valence-corrected chi connectivity index (χ3v) is 12.6. The number of nitrogens with one attached hydrogen (secondary N) is 1. The van der Waals surface area contributed by atoms with Crippen molar-refractivity contribution < 1.29 is 57.8 Å². The number of rotatable bonds is 9. The van der Waals surface area contributed by atoms with E-state index >= 15 is 4.79 Å². The Kier molecular flexibility index (Phi) is 11.3. The lowest BCUT2D eigenvalue weighted by Gasteiger charge is -2.65. The molecule has 1 heterocycles. The van der Waals surface area contributed by atoms with Gasteiger partial charge >= 0.3 is 18.0 Å². The maximum absolute atomic E-state index is 15.3. The number of ether oxygens (including phenoxy) is 6. The lowest BCUT2D eigenvalue weighted by Crippen LogP contribution is -2.75. The number of aliphatic hydroxyl groups excluding tert-OH is 1. The molecule has 0 unspecified atom stereocenters. The Balaban J connectivity index is 1.46. The predicted molar refractivity (Wildman–Crippen MR) is 202 cm³/mol. The standard InChI is InChI=1S/C43H55NO12/c1-23-28(54-38(48)33(45)32(24-16-12-10-13-17-24)44-39(49)56-40(2,3)4)21-43(50)36(55-37(47)25-18-14-11-15-19-25)31-26-22-53-27(26)20-29(51-8)42(31,7)35(46)34(52-9)30(23)41(43,5)6/h10-19,26-29,31-34,36,45,50H,20-22H2,1-9H3,(H,44,49)/t26-,27-,28+,29+,31+,32+,33-,34-,36+,42-,43-/m1/s1. The largest absolute Gasteiger partial charge is 0.456 e. The van der Waals surface area contributed by atoms with Crippen molar-refractivity contribution in [1.29, 1.82) is 0 Å². The first kappa shape index (κ1) is 41.5. The van der Waals surface area contributed by atoms with Gasteiger partial charge in [-0.1, -0.05) is 62.4 Å². The monoisotopic (exact) mass is 777 g/mol. The van der Waals surface area contributed by atoms with Crippen molar-refractivity contribution in [3.63, 3.8) is 0 Å². The van der Waals surface area contributed by atoms with Gasteiger partial charge in [0.1, 0.15) is 29.5 Å². The molecule has 6 rings (SSSR count). The number of carbonyl (C=O) groups is 4. The third-order valence-electron chi connectivity index (χ3n) is 12.6. The number of hydrogen-bond acceptors (Lipinski definition) is 12. The summed E-state index contributed by atoms with van der Waals surface area (Å²) in [4.78, 5) is 56.4. The fraction of sp³-hybridized carbons (Fsp3) is 0.581. The fourth-order valence-corrected chi connectivity index (χ4v) is 9.62. The number of fused-ring (bicyclic) bond motifs is 5. The van der Waals surface area contributed by atoms with Crippen LogP contribution in [0.4, 0.5) is 4.79 Å². The SMILES string of the molecule is CO[C@H]1C(=O)[C@@]2(C)[C@@H]([C@@H]3CO[C@@H]3C[C@@H]2OC)[C@H](OC(=O)c2ccccc2)[C@]2(O)C[C@H](OC(=O)[C@H](O)[C@@H](NC(=O)OC(C)(C)C)c3ccccc3)C(C)=C1C2(C)C. The molecule has 2 aromatic carbocycles. The molecule has 13 heteroatoms. The normalized spacial score (nSPS) is 33.3. The molecule has 2 saturated carbocycles. The molecule has 1 amide bonds. The molecule has 4 aliphatic rings. The van der Waals surface area contributed by atoms with Gasteiger partial charge in [0.15, 0.2) is 11.9 Å². The average molecular weight is 778 g/mol. The van der Waals surface area contributed by atoms with E-state index in [1.165, 1.54) is 14.2 Å². The molecular weight excluding hydrogens is 722 g/mol. The lowest BCUT2D eigenvalue weighted by molar-refractivity contribution is -0.280. The van der Waals surface area contributed by atoms with E-state index in [-0.39, 0.29) is 36.4 Å². The van der Waals surface area contributed by atoms with Crippen LogP contribution in [-0.4, -0.2) is 103 Å². The van der Waals surface area contributed by atoms with Crippen molar-refractivity contribution in [1.82, 2.24) is 5.32 Å². The van der Waals surface area contributed by atoms with Crippen LogP contribution in [0.5, 0.6) is 0 Å². The van der Waals surface area contributed by atoms with Gasteiger partial charge < -0.3 is 44.0 Å². The number of hydrogen-bond donors (Lipinski definition) is 3. The summed E-state index contributed by atoms with van der Waals surface area (Å²) in [5.41, 5.74) is -4.03. The molecule has 1 aliphatic heterocycles. The van der Waals surface area contributed by atoms with Gasteiger partial charge in [-0.05, 0) is 63.5 Å². The van der Waals surface area contributed by atoms with Crippen LogP contribution in [0.3, 0.4) is 0 Å². The van der Waals surface area contributed by atoms with Crippen LogP contribution >= 0.6 is 0 Å². The molecule has 0 spiro atoms. The second kappa shape index (κ2) is 15.3. The highest BCUT2D eigenvalue weighted by Crippen LogP contribution is 2.63. The van der Waals surface area contributed by atoms with Gasteiger partial charge in [-0.2, -0.15) is 0 Å². The average Bonchev–Trinajstić information content (AvgIpc) is 3.14. The van der Waals surface area contributed by atoms with Crippen LogP contribution in [-0.2, 0) is 38.0 Å². The second-order valence-electron chi connectivity index (χ2n) is 17.2. The smallest absolute Gasteiger partial charge is 0.408 e. The third kappa shape index (κ3) is 7.06. The maximum atomic E-state index is 15.3. The molecule has 3 N–H and O–H groups in total. The van der Waals surface area contributed by atoms with Crippen LogP contribution in [0.1, 0.15) is 83.3 Å². The van der Waals surface area contributed by atoms with Crippen molar-refractivity contribution in [2.24, 2.45) is 22.7 Å². The number of amides is 1. The van der Waals surface area contributed by atoms with Crippen molar-refractivity contribution in [3.05, 3.63) is 82.9 Å². The number of ketones is 1. The summed E-state index contributed by atoms with van der Waals surface area (Å²) in [6.07, 6.45) is -7.45. The summed E-state index contributed by atoms with van der Waals surface area (Å²) >= 11 is 0. The van der Waals surface area contributed by atoms with Crippen molar-refractivity contribution in [2.45, 2.75) is 115 Å². The van der Waals surface area contributed by atoms with Gasteiger partial charge in [0, 0.05) is 44.3 Å². The number of esters is 2. The number of aliphatic hydroxyl groups is 2. The molecule has 11 atom stereocenters. The number of Topliss-reactive ketones (excluding diaryl/α,β-unsaturated/α-hetero) is 1. The van der Waals surface area contributed by atoms with Crippen molar-refractivity contribution in [2.75, 3.05) is 20.8 Å². The zero-order chi connectivity index (χ0) is 41.0. The van der Waals surface area contributed by atoms with E-state index in [9.17, 15) is 24.6 Å². The first-order valence-corrected chi connectivity index (χ1v) is 19.1. The van der Waals surface area contributed by atoms with Crippen LogP contribution in [0, 0.1) is 22.7 Å². The molecule has 304 valence electrons. The molecule has 3 fully saturated rings. The van der Waals surface area contributed by atoms with Gasteiger partial charge in [0.05, 0.1) is 35.8 Å². The fourth-order valence-electron chi connectivity index (χ4n) is 9.62. The topological polar surface area (TPSA) is 176 Å². The molecule has 3 aliphatic carbocycles. The predicted octanol–water partition coefficient (Wildman–Crippen LogP) is 4.88. The first-order chi connectivity index (χ1) is 26.3. The van der Waals surface area contributed by atoms with E-state index in [1.54, 1.807) is 109 Å². The highest BCUT2D eigenvalue weighted by atomic mass is 16.6. The van der Waals surface area contributed by atoms with Crippen LogP contribution in [0.25, 0.3) is 0 Å². The molecule has 2 aromatic rings. The Hall–Kier alpha value is -4.14. The van der Waals surface area contributed by atoms with E-state index in [0.29, 0.717) is 23.1 Å². The Morgan fingerprint density at radius 2 is 1.57 bits per heavy atom. The molecule has 0 radical (unpaired) electrons. The zero-order valence-corrected chi connectivity index (χ0v) is 33.6. The maximum Gasteiger partial charge on any atom is 0.408 e. The summed E-state index contributed by atoms with van der Waals surface area (Å²) in [6, 6.07) is 15.5. The summed E-state index contributed by atoms with van der Waals surface area (Å²) in [5.74, 6) is -3.26. The minimum absolute atomic E-state index is 0.248. The Morgan fingerprint density at radius 1 is 0.946 bits per heavy atom. The lowest BCUT2D eigenvalue weighted by atomic mass is 9.46. The molecular formula is C43H55NO12. The van der Waals surface area contributed by atoms with Crippen LogP contribution in [0.15, 0.2) is 71.8 Å². The van der Waals surface area contributed by atoms with E-state index in [1.807, 2.05) is 0 Å². The summed E-state index contributed by atoms with van der Waals surface area (Å²) in [5, 5.41) is 27.7. The minimum Gasteiger partial charge on any atom is -0.456 e. The summed E-state index contributed by atoms with van der Waals surface area (Å²) in [7, 11) is 2.94. The van der Waals surface area contributed by atoms with E-state index in [4.69, 9.17) is 28.4 Å². The highest BCUT2D eigenvalue weighted by Gasteiger charge is 2.72. The van der Waals surface area contributed by atoms with Gasteiger partial charge in [-0.25, -0.2) is 14.4 Å². The quantitative estimate of drug-likeness (QED) is 0.179. The Bertz CT molecular complexity index is 1840. The van der Waals surface area contributed by atoms with E-state index in [2.05, 4.69) is 5.32 Å². The van der Waals surface area contributed by atoms with Crippen LogP contribution < -0.4 is 5.32 Å². The molecule has 1 saturated heterocycles. The van der Waals surface area contributed by atoms with E-state index < -0.39 is 82.5 Å². The molecule has 2 bridgehead atoms. The highest BCUT2D eigenvalue weighted by molar-refractivity contribution is 5.94. The van der Waals surface area contributed by atoms with Gasteiger partial charge in [-0.15, -0.1) is 0 Å².